The molecule has 1 heterocycles. The van der Waals surface area contributed by atoms with Crippen LogP contribution in [-0.2, 0) is 4.79 Å². The second-order valence-electron chi connectivity index (χ2n) is 3.86. The van der Waals surface area contributed by atoms with Gasteiger partial charge in [-0.1, -0.05) is 11.8 Å². The van der Waals surface area contributed by atoms with Crippen molar-refractivity contribution >= 4 is 29.1 Å². The van der Waals surface area contributed by atoms with Crippen LogP contribution in [0.25, 0.3) is 0 Å². The van der Waals surface area contributed by atoms with Gasteiger partial charge in [0.1, 0.15) is 0 Å². The van der Waals surface area contributed by atoms with Gasteiger partial charge in [-0.15, -0.1) is 0 Å². The number of benzene rings is 1. The van der Waals surface area contributed by atoms with E-state index in [0.29, 0.717) is 17.0 Å². The third-order valence-electron chi connectivity index (χ3n) is 2.34. The van der Waals surface area contributed by atoms with E-state index in [2.05, 4.69) is 15.3 Å². The summed E-state index contributed by atoms with van der Waals surface area (Å²) in [6, 6.07) is 6.84. The standard InChI is InChI=1S/C13H13N3O2S/c1-9(17)16-11-4-2-10(3-5-11)12(18)8-19-13-14-6-7-15-13/h2-7H,8H2,1H3,(H,14,15)(H,16,17). The summed E-state index contributed by atoms with van der Waals surface area (Å²) >= 11 is 1.36. The molecule has 1 aromatic carbocycles. The van der Waals surface area contributed by atoms with E-state index in [1.807, 2.05) is 0 Å². The van der Waals surface area contributed by atoms with Crippen LogP contribution in [-0.4, -0.2) is 27.4 Å². The highest BCUT2D eigenvalue weighted by molar-refractivity contribution is 7.99. The van der Waals surface area contributed by atoms with Crippen LogP contribution in [0, 0.1) is 0 Å². The molecule has 0 aliphatic heterocycles. The first-order chi connectivity index (χ1) is 9.15. The van der Waals surface area contributed by atoms with E-state index < -0.39 is 0 Å². The number of nitrogens with zero attached hydrogens (tertiary/aromatic N) is 1. The van der Waals surface area contributed by atoms with Crippen molar-refractivity contribution < 1.29 is 9.59 Å². The number of nitrogens with one attached hydrogen (secondary N) is 2. The van der Waals surface area contributed by atoms with Crippen LogP contribution in [0.1, 0.15) is 17.3 Å². The highest BCUT2D eigenvalue weighted by Crippen LogP contribution is 2.16. The zero-order valence-corrected chi connectivity index (χ0v) is 11.2. The van der Waals surface area contributed by atoms with Gasteiger partial charge >= 0.3 is 0 Å². The second kappa shape index (κ2) is 6.19. The molecule has 6 heteroatoms. The summed E-state index contributed by atoms with van der Waals surface area (Å²) in [6.07, 6.45) is 3.37. The summed E-state index contributed by atoms with van der Waals surface area (Å²) in [7, 11) is 0. The van der Waals surface area contributed by atoms with E-state index in [1.165, 1.54) is 18.7 Å². The number of thioether (sulfide) groups is 1. The summed E-state index contributed by atoms with van der Waals surface area (Å²) in [5.74, 6) is 0.218. The van der Waals surface area contributed by atoms with Crippen LogP contribution >= 0.6 is 11.8 Å². The number of aromatic nitrogens is 2. The molecule has 0 aliphatic carbocycles. The molecule has 0 bridgehead atoms. The smallest absolute Gasteiger partial charge is 0.221 e. The van der Waals surface area contributed by atoms with Gasteiger partial charge < -0.3 is 10.3 Å². The van der Waals surface area contributed by atoms with Crippen molar-refractivity contribution in [1.29, 1.82) is 0 Å². The summed E-state index contributed by atoms with van der Waals surface area (Å²) < 4.78 is 0. The monoisotopic (exact) mass is 275 g/mol. The van der Waals surface area contributed by atoms with E-state index in [9.17, 15) is 9.59 Å². The van der Waals surface area contributed by atoms with Crippen LogP contribution in [0.4, 0.5) is 5.69 Å². The summed E-state index contributed by atoms with van der Waals surface area (Å²) in [5, 5.41) is 3.38. The minimum atomic E-state index is -0.132. The summed E-state index contributed by atoms with van der Waals surface area (Å²) in [5.41, 5.74) is 1.30. The van der Waals surface area contributed by atoms with Crippen molar-refractivity contribution in [3.8, 4) is 0 Å². The topological polar surface area (TPSA) is 74.8 Å². The fraction of sp³-hybridized carbons (Fsp3) is 0.154. The second-order valence-corrected chi connectivity index (χ2v) is 4.83. The Morgan fingerprint density at radius 2 is 2.05 bits per heavy atom. The first kappa shape index (κ1) is 13.4. The van der Waals surface area contributed by atoms with Gasteiger partial charge in [-0.05, 0) is 24.3 Å². The number of ketones is 1. The van der Waals surface area contributed by atoms with Gasteiger partial charge in [-0.3, -0.25) is 9.59 Å². The van der Waals surface area contributed by atoms with Gasteiger partial charge in [-0.2, -0.15) is 0 Å². The van der Waals surface area contributed by atoms with Crippen LogP contribution < -0.4 is 5.32 Å². The fourth-order valence-electron chi connectivity index (χ4n) is 1.49. The number of hydrogen-bond acceptors (Lipinski definition) is 4. The normalized spacial score (nSPS) is 10.2. The highest BCUT2D eigenvalue weighted by Gasteiger charge is 2.07. The SMILES string of the molecule is CC(=O)Nc1ccc(C(=O)CSc2ncc[nH]2)cc1. The first-order valence-corrected chi connectivity index (χ1v) is 6.67. The van der Waals surface area contributed by atoms with Crippen LogP contribution in [0.5, 0.6) is 0 Å². The largest absolute Gasteiger partial charge is 0.340 e. The number of amides is 1. The molecule has 2 rings (SSSR count). The van der Waals surface area contributed by atoms with E-state index in [1.54, 1.807) is 36.7 Å². The Balaban J connectivity index is 1.93. The summed E-state index contributed by atoms with van der Waals surface area (Å²) in [6.45, 7) is 1.44. The minimum absolute atomic E-state index is 0.0239. The molecule has 19 heavy (non-hydrogen) atoms. The third kappa shape index (κ3) is 3.96. The lowest BCUT2D eigenvalue weighted by atomic mass is 10.1. The van der Waals surface area contributed by atoms with Crippen LogP contribution in [0.2, 0.25) is 0 Å². The van der Waals surface area contributed by atoms with Crippen molar-refractivity contribution in [2.24, 2.45) is 0 Å². The van der Waals surface area contributed by atoms with Gasteiger partial charge in [0.15, 0.2) is 10.9 Å². The van der Waals surface area contributed by atoms with Crippen molar-refractivity contribution in [2.45, 2.75) is 12.1 Å². The van der Waals surface area contributed by atoms with Gasteiger partial charge in [0.25, 0.3) is 0 Å². The number of anilines is 1. The van der Waals surface area contributed by atoms with Crippen molar-refractivity contribution in [1.82, 2.24) is 9.97 Å². The van der Waals surface area contributed by atoms with Crippen LogP contribution in [0.3, 0.4) is 0 Å². The van der Waals surface area contributed by atoms with Crippen molar-refractivity contribution in [3.63, 3.8) is 0 Å². The number of hydrogen-bond donors (Lipinski definition) is 2. The molecule has 0 radical (unpaired) electrons. The van der Waals surface area contributed by atoms with Gasteiger partial charge in [0.05, 0.1) is 5.75 Å². The Kier molecular flexibility index (Phi) is 4.35. The molecule has 0 aliphatic rings. The Bertz CT molecular complexity index is 564. The molecule has 1 amide bonds. The Labute approximate surface area is 114 Å². The van der Waals surface area contributed by atoms with Crippen molar-refractivity contribution in [2.75, 3.05) is 11.1 Å². The van der Waals surface area contributed by atoms with E-state index in [4.69, 9.17) is 0 Å². The van der Waals surface area contributed by atoms with Crippen molar-refractivity contribution in [3.05, 3.63) is 42.2 Å². The Morgan fingerprint density at radius 1 is 1.32 bits per heavy atom. The molecule has 0 saturated carbocycles. The van der Waals surface area contributed by atoms with E-state index >= 15 is 0 Å². The average Bonchev–Trinajstić information content (AvgIpc) is 2.89. The van der Waals surface area contributed by atoms with E-state index in [-0.39, 0.29) is 11.7 Å². The molecular formula is C13H13N3O2S. The molecule has 2 N–H and O–H groups in total. The molecule has 1 aromatic heterocycles. The maximum atomic E-state index is 11.9. The third-order valence-corrected chi connectivity index (χ3v) is 3.24. The number of carbonyl (C=O) groups excluding carboxylic acids is 2. The molecule has 5 nitrogen and oxygen atoms in total. The molecule has 0 atom stereocenters. The quantitative estimate of drug-likeness (QED) is 0.649. The highest BCUT2D eigenvalue weighted by atomic mass is 32.2. The maximum Gasteiger partial charge on any atom is 0.221 e. The number of rotatable bonds is 5. The summed E-state index contributed by atoms with van der Waals surface area (Å²) in [4.78, 5) is 29.8. The van der Waals surface area contributed by atoms with Gasteiger partial charge in [-0.25, -0.2) is 4.98 Å². The maximum absolute atomic E-state index is 11.9. The number of aromatic amines is 1. The zero-order valence-electron chi connectivity index (χ0n) is 10.3. The number of carbonyl (C=O) groups is 2. The average molecular weight is 275 g/mol. The molecule has 0 fully saturated rings. The lowest BCUT2D eigenvalue weighted by Crippen LogP contribution is -2.07. The van der Waals surface area contributed by atoms with E-state index in [0.717, 1.165) is 5.16 Å². The minimum Gasteiger partial charge on any atom is -0.340 e. The zero-order chi connectivity index (χ0) is 13.7. The predicted octanol–water partition coefficient (Wildman–Crippen LogP) is 2.34. The molecule has 98 valence electrons. The number of Topliss-reactive ketones (excluding diaryl/α,β-unsaturated/α-hetero) is 1. The lowest BCUT2D eigenvalue weighted by Gasteiger charge is -2.03. The first-order valence-electron chi connectivity index (χ1n) is 5.68. The Hall–Kier alpha value is -2.08. The lowest BCUT2D eigenvalue weighted by molar-refractivity contribution is -0.114. The molecule has 0 unspecified atom stereocenters. The molecule has 0 saturated heterocycles. The molecular weight excluding hydrogens is 262 g/mol. The van der Waals surface area contributed by atoms with Gasteiger partial charge in [0, 0.05) is 30.6 Å². The fourth-order valence-corrected chi connectivity index (χ4v) is 2.21. The Morgan fingerprint density at radius 3 is 2.63 bits per heavy atom. The molecule has 0 spiro atoms. The number of H-pyrrole nitrogens is 1. The van der Waals surface area contributed by atoms with Crippen LogP contribution in [0.15, 0.2) is 41.8 Å². The van der Waals surface area contributed by atoms with Gasteiger partial charge in [0.2, 0.25) is 5.91 Å². The predicted molar refractivity (Wildman–Crippen MR) is 74.4 cm³/mol. The molecule has 2 aromatic rings. The number of imidazole rings is 1.